The molecule has 0 saturated carbocycles. The van der Waals surface area contributed by atoms with Crippen molar-refractivity contribution in [2.75, 3.05) is 19.8 Å². The van der Waals surface area contributed by atoms with Gasteiger partial charge in [-0.2, -0.15) is 0 Å². The summed E-state index contributed by atoms with van der Waals surface area (Å²) < 4.78 is 11.1. The van der Waals surface area contributed by atoms with Crippen LogP contribution in [0.2, 0.25) is 0 Å². The third kappa shape index (κ3) is 3.01. The van der Waals surface area contributed by atoms with Gasteiger partial charge in [-0.05, 0) is 13.8 Å². The molecule has 1 aromatic rings. The smallest absolute Gasteiger partial charge is 0.166 e. The van der Waals surface area contributed by atoms with Gasteiger partial charge in [0, 0.05) is 30.1 Å². The van der Waals surface area contributed by atoms with Crippen molar-refractivity contribution in [1.82, 2.24) is 10.3 Å². The Morgan fingerprint density at radius 3 is 2.94 bits per heavy atom. The van der Waals surface area contributed by atoms with Crippen LogP contribution < -0.4 is 5.32 Å². The second-order valence-electron chi connectivity index (χ2n) is 4.16. The van der Waals surface area contributed by atoms with Crippen LogP contribution in [-0.4, -0.2) is 30.5 Å². The van der Waals surface area contributed by atoms with Crippen LogP contribution in [0.1, 0.15) is 31.2 Å². The summed E-state index contributed by atoms with van der Waals surface area (Å²) in [6.07, 6.45) is 2.78. The Balaban J connectivity index is 1.72. The highest BCUT2D eigenvalue weighted by atomic mass is 32.1. The van der Waals surface area contributed by atoms with Gasteiger partial charge in [-0.1, -0.05) is 0 Å². The van der Waals surface area contributed by atoms with Crippen molar-refractivity contribution < 1.29 is 9.47 Å². The van der Waals surface area contributed by atoms with Crippen molar-refractivity contribution in [2.45, 2.75) is 32.1 Å². The minimum atomic E-state index is -0.388. The highest BCUT2D eigenvalue weighted by molar-refractivity contribution is 7.09. The zero-order valence-corrected chi connectivity index (χ0v) is 10.5. The molecule has 0 spiro atoms. The number of thiazole rings is 1. The van der Waals surface area contributed by atoms with Crippen LogP contribution in [0.4, 0.5) is 0 Å². The maximum absolute atomic E-state index is 5.54. The van der Waals surface area contributed by atoms with Crippen LogP contribution in [0, 0.1) is 0 Å². The van der Waals surface area contributed by atoms with Gasteiger partial charge in [0.05, 0.1) is 18.7 Å². The quantitative estimate of drug-likeness (QED) is 0.857. The fourth-order valence-electron chi connectivity index (χ4n) is 1.76. The Kier molecular flexibility index (Phi) is 3.91. The second kappa shape index (κ2) is 5.23. The highest BCUT2D eigenvalue weighted by Gasteiger charge is 2.30. The molecule has 2 rings (SSSR count). The first kappa shape index (κ1) is 12.0. The first-order valence-electron chi connectivity index (χ1n) is 5.59. The summed E-state index contributed by atoms with van der Waals surface area (Å²) in [5.41, 5.74) is 1.86. The molecular formula is C11H18N2O2S. The van der Waals surface area contributed by atoms with Gasteiger partial charge in [-0.3, -0.25) is 4.98 Å². The lowest BCUT2D eigenvalue weighted by Crippen LogP contribution is -2.31. The maximum atomic E-state index is 5.54. The summed E-state index contributed by atoms with van der Waals surface area (Å²) in [5, 5.41) is 3.45. The molecule has 1 aliphatic heterocycles. The van der Waals surface area contributed by atoms with Gasteiger partial charge in [0.1, 0.15) is 0 Å². The third-order valence-corrected chi connectivity index (χ3v) is 3.76. The van der Waals surface area contributed by atoms with Crippen molar-refractivity contribution in [3.8, 4) is 0 Å². The molecule has 1 N–H and O–H groups in total. The number of hydrogen-bond acceptors (Lipinski definition) is 5. The van der Waals surface area contributed by atoms with Crippen LogP contribution in [0.25, 0.3) is 0 Å². The number of aromatic nitrogens is 1. The van der Waals surface area contributed by atoms with E-state index in [4.69, 9.17) is 9.47 Å². The Bertz CT molecular complexity index is 310. The van der Waals surface area contributed by atoms with Crippen molar-refractivity contribution >= 4 is 11.3 Å². The van der Waals surface area contributed by atoms with E-state index in [9.17, 15) is 0 Å². The summed E-state index contributed by atoms with van der Waals surface area (Å²) in [6.45, 7) is 6.45. The lowest BCUT2D eigenvalue weighted by molar-refractivity contribution is -0.145. The van der Waals surface area contributed by atoms with Gasteiger partial charge < -0.3 is 14.8 Å². The molecule has 1 aliphatic rings. The molecule has 1 saturated heterocycles. The number of rotatable bonds is 5. The molecule has 0 radical (unpaired) electrons. The van der Waals surface area contributed by atoms with Gasteiger partial charge >= 0.3 is 0 Å². The fraction of sp³-hybridized carbons (Fsp3) is 0.727. The Labute approximate surface area is 100.0 Å². The van der Waals surface area contributed by atoms with Crippen LogP contribution in [0.3, 0.4) is 0 Å². The summed E-state index contributed by atoms with van der Waals surface area (Å²) in [5.74, 6) is -0.388. The number of nitrogens with zero attached hydrogens (tertiary/aromatic N) is 1. The Hall–Kier alpha value is -0.490. The second-order valence-corrected chi connectivity index (χ2v) is 5.08. The SMILES string of the molecule is CC(NCCC1(C)OCCO1)c1cncs1. The van der Waals surface area contributed by atoms with E-state index in [1.54, 1.807) is 11.3 Å². The molecule has 1 unspecified atom stereocenters. The monoisotopic (exact) mass is 242 g/mol. The van der Waals surface area contributed by atoms with Gasteiger partial charge in [0.15, 0.2) is 5.79 Å². The molecule has 90 valence electrons. The Morgan fingerprint density at radius 2 is 2.31 bits per heavy atom. The van der Waals surface area contributed by atoms with E-state index >= 15 is 0 Å². The van der Waals surface area contributed by atoms with Crippen molar-refractivity contribution in [3.63, 3.8) is 0 Å². The first-order valence-corrected chi connectivity index (χ1v) is 6.47. The predicted molar refractivity (Wildman–Crippen MR) is 63.5 cm³/mol. The van der Waals surface area contributed by atoms with E-state index < -0.39 is 0 Å². The molecule has 0 bridgehead atoms. The van der Waals surface area contributed by atoms with E-state index in [0.717, 1.165) is 13.0 Å². The molecule has 1 fully saturated rings. The summed E-state index contributed by atoms with van der Waals surface area (Å²) in [7, 11) is 0. The van der Waals surface area contributed by atoms with Crippen LogP contribution in [0.5, 0.6) is 0 Å². The topological polar surface area (TPSA) is 43.4 Å². The summed E-state index contributed by atoms with van der Waals surface area (Å²) in [4.78, 5) is 5.33. The van der Waals surface area contributed by atoms with Gasteiger partial charge in [0.2, 0.25) is 0 Å². The molecule has 1 aromatic heterocycles. The average molecular weight is 242 g/mol. The van der Waals surface area contributed by atoms with E-state index in [-0.39, 0.29) is 5.79 Å². The molecule has 4 nitrogen and oxygen atoms in total. The van der Waals surface area contributed by atoms with Gasteiger partial charge in [-0.25, -0.2) is 0 Å². The number of hydrogen-bond donors (Lipinski definition) is 1. The lowest BCUT2D eigenvalue weighted by Gasteiger charge is -2.23. The number of nitrogens with one attached hydrogen (secondary N) is 1. The molecule has 1 atom stereocenters. The third-order valence-electron chi connectivity index (χ3n) is 2.81. The summed E-state index contributed by atoms with van der Waals surface area (Å²) >= 11 is 1.68. The van der Waals surface area contributed by atoms with Crippen molar-refractivity contribution in [3.05, 3.63) is 16.6 Å². The minimum Gasteiger partial charge on any atom is -0.348 e. The molecule has 0 amide bonds. The summed E-state index contributed by atoms with van der Waals surface area (Å²) in [6, 6.07) is 0.345. The van der Waals surface area contributed by atoms with Crippen molar-refractivity contribution in [2.24, 2.45) is 0 Å². The van der Waals surface area contributed by atoms with Gasteiger partial charge in [-0.15, -0.1) is 11.3 Å². The van der Waals surface area contributed by atoms with Crippen LogP contribution in [-0.2, 0) is 9.47 Å². The molecule has 0 aliphatic carbocycles. The predicted octanol–water partition coefficient (Wildman–Crippen LogP) is 1.95. The minimum absolute atomic E-state index is 0.345. The lowest BCUT2D eigenvalue weighted by atomic mass is 10.2. The zero-order chi connectivity index (χ0) is 11.4. The Morgan fingerprint density at radius 1 is 1.56 bits per heavy atom. The largest absolute Gasteiger partial charge is 0.348 e. The van der Waals surface area contributed by atoms with Crippen molar-refractivity contribution in [1.29, 1.82) is 0 Å². The fourth-order valence-corrected chi connectivity index (χ4v) is 2.41. The molecule has 0 aromatic carbocycles. The molecule has 2 heterocycles. The van der Waals surface area contributed by atoms with E-state index in [1.165, 1.54) is 4.88 Å². The van der Waals surface area contributed by atoms with Gasteiger partial charge in [0.25, 0.3) is 0 Å². The highest BCUT2D eigenvalue weighted by Crippen LogP contribution is 2.22. The number of ether oxygens (including phenoxy) is 2. The first-order chi connectivity index (χ1) is 7.70. The van der Waals surface area contributed by atoms with E-state index in [1.807, 2.05) is 18.6 Å². The van der Waals surface area contributed by atoms with E-state index in [0.29, 0.717) is 19.3 Å². The van der Waals surface area contributed by atoms with Crippen LogP contribution >= 0.6 is 11.3 Å². The average Bonchev–Trinajstić information content (AvgIpc) is 2.88. The zero-order valence-electron chi connectivity index (χ0n) is 9.73. The molecule has 16 heavy (non-hydrogen) atoms. The standard InChI is InChI=1S/C11H18N2O2S/c1-9(10-7-12-8-16-10)13-4-3-11(2)14-5-6-15-11/h7-9,13H,3-6H2,1-2H3. The van der Waals surface area contributed by atoms with E-state index in [2.05, 4.69) is 17.2 Å². The molecule has 5 heteroatoms. The van der Waals surface area contributed by atoms with Crippen LogP contribution in [0.15, 0.2) is 11.7 Å². The molecular weight excluding hydrogens is 224 g/mol. The maximum Gasteiger partial charge on any atom is 0.166 e. The normalized spacial score (nSPS) is 21.1.